The van der Waals surface area contributed by atoms with E-state index < -0.39 is 6.04 Å². The maximum atomic E-state index is 12.6. The van der Waals surface area contributed by atoms with Crippen molar-refractivity contribution in [3.63, 3.8) is 0 Å². The summed E-state index contributed by atoms with van der Waals surface area (Å²) in [5, 5.41) is 2.88. The molecule has 122 valence electrons. The Balaban J connectivity index is 1.80. The van der Waals surface area contributed by atoms with E-state index in [-0.39, 0.29) is 11.8 Å². The zero-order valence-electron chi connectivity index (χ0n) is 14.1. The van der Waals surface area contributed by atoms with Crippen LogP contribution in [0.4, 0.5) is 5.69 Å². The third-order valence-electron chi connectivity index (χ3n) is 4.52. The predicted molar refractivity (Wildman–Crippen MR) is 95.7 cm³/mol. The van der Waals surface area contributed by atoms with Crippen LogP contribution in [0.3, 0.4) is 0 Å². The molecule has 24 heavy (non-hydrogen) atoms. The molecule has 3 rings (SSSR count). The minimum atomic E-state index is -0.640. The highest BCUT2D eigenvalue weighted by Gasteiger charge is 2.36. The van der Waals surface area contributed by atoms with Crippen molar-refractivity contribution in [2.45, 2.75) is 26.8 Å². The first-order chi connectivity index (χ1) is 11.4. The van der Waals surface area contributed by atoms with Crippen molar-refractivity contribution >= 4 is 23.2 Å². The minimum Gasteiger partial charge on any atom is -0.324 e. The average Bonchev–Trinajstić information content (AvgIpc) is 2.82. The maximum absolute atomic E-state index is 12.6. The minimum absolute atomic E-state index is 0.182. The van der Waals surface area contributed by atoms with Crippen LogP contribution < -0.4 is 5.32 Å². The SMILES string of the molecule is C=C1c2ccccc2C(=O)N1[C@H](C)C(=O)Nc1ccc(C)c(C)c1. The fourth-order valence-corrected chi connectivity index (χ4v) is 2.90. The average molecular weight is 320 g/mol. The Hall–Kier alpha value is -2.88. The lowest BCUT2D eigenvalue weighted by atomic mass is 10.1. The highest BCUT2D eigenvalue weighted by Crippen LogP contribution is 2.33. The highest BCUT2D eigenvalue weighted by molar-refractivity contribution is 6.11. The second-order valence-corrected chi connectivity index (χ2v) is 6.13. The van der Waals surface area contributed by atoms with Gasteiger partial charge in [0.2, 0.25) is 5.91 Å². The molecular weight excluding hydrogens is 300 g/mol. The third kappa shape index (κ3) is 2.60. The molecule has 1 N–H and O–H groups in total. The van der Waals surface area contributed by atoms with Crippen molar-refractivity contribution in [3.05, 3.63) is 71.3 Å². The van der Waals surface area contributed by atoms with Crippen LogP contribution in [0.15, 0.2) is 49.0 Å². The van der Waals surface area contributed by atoms with Crippen molar-refractivity contribution in [1.29, 1.82) is 0 Å². The molecule has 4 heteroatoms. The summed E-state index contributed by atoms with van der Waals surface area (Å²) in [5.74, 6) is -0.418. The number of nitrogens with zero attached hydrogens (tertiary/aromatic N) is 1. The Morgan fingerprint density at radius 2 is 1.75 bits per heavy atom. The number of aryl methyl sites for hydroxylation is 2. The molecule has 1 atom stereocenters. The standard InChI is InChI=1S/C20H20N2O2/c1-12-9-10-16(11-13(12)2)21-19(23)15(4)22-14(3)17-7-5-6-8-18(17)20(22)24/h5-11,15H,3H2,1-2,4H3,(H,21,23)/t15-/m1/s1. The zero-order valence-corrected chi connectivity index (χ0v) is 14.1. The van der Waals surface area contributed by atoms with Gasteiger partial charge in [0.1, 0.15) is 6.04 Å². The predicted octanol–water partition coefficient (Wildman–Crippen LogP) is 3.76. The van der Waals surface area contributed by atoms with E-state index in [1.54, 1.807) is 13.0 Å². The molecule has 2 amide bonds. The maximum Gasteiger partial charge on any atom is 0.259 e. The first kappa shape index (κ1) is 16.0. The smallest absolute Gasteiger partial charge is 0.259 e. The zero-order chi connectivity index (χ0) is 17.4. The molecule has 0 saturated carbocycles. The van der Waals surface area contributed by atoms with Gasteiger partial charge >= 0.3 is 0 Å². The third-order valence-corrected chi connectivity index (χ3v) is 4.52. The van der Waals surface area contributed by atoms with E-state index in [2.05, 4.69) is 11.9 Å². The van der Waals surface area contributed by atoms with Gasteiger partial charge in [-0.05, 0) is 50.1 Å². The van der Waals surface area contributed by atoms with Gasteiger partial charge in [-0.25, -0.2) is 0 Å². The van der Waals surface area contributed by atoms with Gasteiger partial charge in [-0.15, -0.1) is 0 Å². The van der Waals surface area contributed by atoms with Crippen LogP contribution in [0.5, 0.6) is 0 Å². The van der Waals surface area contributed by atoms with Crippen LogP contribution in [0.25, 0.3) is 5.70 Å². The number of fused-ring (bicyclic) bond motifs is 1. The molecular formula is C20H20N2O2. The highest BCUT2D eigenvalue weighted by atomic mass is 16.2. The number of nitrogens with one attached hydrogen (secondary N) is 1. The van der Waals surface area contributed by atoms with Crippen molar-refractivity contribution in [1.82, 2.24) is 4.90 Å². The van der Waals surface area contributed by atoms with Crippen LogP contribution in [0.1, 0.15) is 34.0 Å². The summed E-state index contributed by atoms with van der Waals surface area (Å²) in [6.45, 7) is 9.72. The molecule has 1 aliphatic heterocycles. The summed E-state index contributed by atoms with van der Waals surface area (Å²) < 4.78 is 0. The Kier molecular flexibility index (Phi) is 3.97. The Morgan fingerprint density at radius 1 is 1.08 bits per heavy atom. The van der Waals surface area contributed by atoms with Crippen molar-refractivity contribution in [2.24, 2.45) is 0 Å². The van der Waals surface area contributed by atoms with Gasteiger partial charge in [-0.3, -0.25) is 14.5 Å². The van der Waals surface area contributed by atoms with Gasteiger partial charge in [-0.2, -0.15) is 0 Å². The number of carbonyl (C=O) groups is 2. The first-order valence-corrected chi connectivity index (χ1v) is 7.90. The summed E-state index contributed by atoms with van der Waals surface area (Å²) in [7, 11) is 0. The molecule has 0 bridgehead atoms. The lowest BCUT2D eigenvalue weighted by Gasteiger charge is -2.24. The molecule has 0 unspecified atom stereocenters. The van der Waals surface area contributed by atoms with Gasteiger partial charge in [-0.1, -0.05) is 30.8 Å². The second-order valence-electron chi connectivity index (χ2n) is 6.13. The number of carbonyl (C=O) groups excluding carboxylic acids is 2. The molecule has 0 fully saturated rings. The lowest BCUT2D eigenvalue weighted by Crippen LogP contribution is -2.41. The van der Waals surface area contributed by atoms with Gasteiger partial charge in [0, 0.05) is 22.5 Å². The summed E-state index contributed by atoms with van der Waals surface area (Å²) >= 11 is 0. The second kappa shape index (κ2) is 5.96. The number of hydrogen-bond donors (Lipinski definition) is 1. The van der Waals surface area contributed by atoms with Gasteiger partial charge < -0.3 is 5.32 Å². The van der Waals surface area contributed by atoms with E-state index in [1.165, 1.54) is 10.5 Å². The summed E-state index contributed by atoms with van der Waals surface area (Å²) in [6, 6.07) is 12.4. The summed E-state index contributed by atoms with van der Waals surface area (Å²) in [4.78, 5) is 26.6. The monoisotopic (exact) mass is 320 g/mol. The summed E-state index contributed by atoms with van der Waals surface area (Å²) in [5.41, 5.74) is 4.94. The Morgan fingerprint density at radius 3 is 2.38 bits per heavy atom. The van der Waals surface area contributed by atoms with Crippen molar-refractivity contribution < 1.29 is 9.59 Å². The summed E-state index contributed by atoms with van der Waals surface area (Å²) in [6.07, 6.45) is 0. The van der Waals surface area contributed by atoms with E-state index in [0.717, 1.165) is 16.8 Å². The van der Waals surface area contributed by atoms with Crippen LogP contribution >= 0.6 is 0 Å². The van der Waals surface area contributed by atoms with Crippen LogP contribution in [-0.2, 0) is 4.79 Å². The normalized spacial score (nSPS) is 14.5. The molecule has 0 spiro atoms. The number of hydrogen-bond acceptors (Lipinski definition) is 2. The van der Waals surface area contributed by atoms with E-state index in [4.69, 9.17) is 0 Å². The Bertz CT molecular complexity index is 819. The quantitative estimate of drug-likeness (QED) is 0.936. The Labute approximate surface area is 141 Å². The fourth-order valence-electron chi connectivity index (χ4n) is 2.90. The molecule has 1 heterocycles. The molecule has 2 aromatic rings. The molecule has 0 saturated heterocycles. The molecule has 2 aromatic carbocycles. The van der Waals surface area contributed by atoms with Crippen molar-refractivity contribution in [3.8, 4) is 0 Å². The van der Waals surface area contributed by atoms with Crippen LogP contribution in [0, 0.1) is 13.8 Å². The van der Waals surface area contributed by atoms with E-state index in [1.807, 2.05) is 50.2 Å². The number of amides is 2. The number of benzene rings is 2. The van der Waals surface area contributed by atoms with Crippen LogP contribution in [-0.4, -0.2) is 22.8 Å². The number of rotatable bonds is 3. The first-order valence-electron chi connectivity index (χ1n) is 7.90. The van der Waals surface area contributed by atoms with Gasteiger partial charge in [0.15, 0.2) is 0 Å². The van der Waals surface area contributed by atoms with E-state index >= 15 is 0 Å². The largest absolute Gasteiger partial charge is 0.324 e. The van der Waals surface area contributed by atoms with Gasteiger partial charge in [0.05, 0.1) is 0 Å². The molecule has 4 nitrogen and oxygen atoms in total. The van der Waals surface area contributed by atoms with E-state index in [0.29, 0.717) is 11.3 Å². The molecule has 0 aliphatic carbocycles. The van der Waals surface area contributed by atoms with Gasteiger partial charge in [0.25, 0.3) is 5.91 Å². The molecule has 0 radical (unpaired) electrons. The topological polar surface area (TPSA) is 49.4 Å². The van der Waals surface area contributed by atoms with E-state index in [9.17, 15) is 9.59 Å². The van der Waals surface area contributed by atoms with Crippen molar-refractivity contribution in [2.75, 3.05) is 5.32 Å². The fraction of sp³-hybridized carbons (Fsp3) is 0.200. The number of anilines is 1. The van der Waals surface area contributed by atoms with Crippen LogP contribution in [0.2, 0.25) is 0 Å². The molecule has 1 aliphatic rings. The lowest BCUT2D eigenvalue weighted by molar-refractivity contribution is -0.119. The molecule has 0 aromatic heterocycles.